The van der Waals surface area contributed by atoms with Gasteiger partial charge in [-0.25, -0.2) is 0 Å². The lowest BCUT2D eigenvalue weighted by molar-refractivity contribution is -0.141. The molecule has 0 bridgehead atoms. The van der Waals surface area contributed by atoms with Gasteiger partial charge in [-0.15, -0.1) is 0 Å². The lowest BCUT2D eigenvalue weighted by Crippen LogP contribution is -2.31. The van der Waals surface area contributed by atoms with Gasteiger partial charge >= 0.3 is 6.18 Å². The summed E-state index contributed by atoms with van der Waals surface area (Å²) in [5, 5.41) is 1.75. The minimum Gasteiger partial charge on any atom is -0.352 e. The zero-order valence-corrected chi connectivity index (χ0v) is 11.5. The number of aromatic nitrogens is 1. The third-order valence-corrected chi connectivity index (χ3v) is 2.89. The van der Waals surface area contributed by atoms with Crippen LogP contribution >= 0.6 is 11.6 Å². The van der Waals surface area contributed by atoms with E-state index in [-0.39, 0.29) is 0 Å². The summed E-state index contributed by atoms with van der Waals surface area (Å²) in [6, 6.07) is 0.734. The van der Waals surface area contributed by atoms with Gasteiger partial charge in [0.05, 0.1) is 5.02 Å². The number of amides is 1. The summed E-state index contributed by atoms with van der Waals surface area (Å²) in [7, 11) is 0. The third kappa shape index (κ3) is 4.26. The van der Waals surface area contributed by atoms with Crippen LogP contribution in [-0.2, 0) is 6.18 Å². The number of nitrogens with one attached hydrogen (secondary N) is 2. The maximum absolute atomic E-state index is 12.5. The highest BCUT2D eigenvalue weighted by Crippen LogP contribution is 2.32. The second-order valence-corrected chi connectivity index (χ2v) is 4.60. The molecule has 0 fully saturated rings. The van der Waals surface area contributed by atoms with E-state index in [0.717, 1.165) is 25.3 Å². The lowest BCUT2D eigenvalue weighted by Gasteiger charge is -2.10. The van der Waals surface area contributed by atoms with E-state index >= 15 is 0 Å². The average molecular weight is 311 g/mol. The third-order valence-electron chi connectivity index (χ3n) is 2.59. The molecule has 0 aliphatic heterocycles. The second-order valence-electron chi connectivity index (χ2n) is 4.20. The van der Waals surface area contributed by atoms with Crippen LogP contribution < -0.4 is 10.9 Å². The minimum absolute atomic E-state index is 0.352. The van der Waals surface area contributed by atoms with Crippen LogP contribution in [0, 0.1) is 0 Å². The van der Waals surface area contributed by atoms with E-state index in [1.54, 1.807) is 4.98 Å². The molecule has 0 aromatic carbocycles. The molecule has 0 saturated heterocycles. The molecule has 0 saturated carbocycles. The predicted molar refractivity (Wildman–Crippen MR) is 68.9 cm³/mol. The summed E-state index contributed by atoms with van der Waals surface area (Å²) >= 11 is 5.44. The van der Waals surface area contributed by atoms with E-state index in [9.17, 15) is 22.8 Å². The minimum atomic E-state index is -4.77. The maximum Gasteiger partial charge on any atom is 0.432 e. The van der Waals surface area contributed by atoms with Gasteiger partial charge in [0.2, 0.25) is 0 Å². The summed E-state index contributed by atoms with van der Waals surface area (Å²) in [6.45, 7) is 2.34. The van der Waals surface area contributed by atoms with E-state index in [0.29, 0.717) is 6.54 Å². The Morgan fingerprint density at radius 2 is 2.05 bits per heavy atom. The van der Waals surface area contributed by atoms with Crippen LogP contribution in [0.25, 0.3) is 0 Å². The van der Waals surface area contributed by atoms with E-state index in [2.05, 4.69) is 5.32 Å². The monoisotopic (exact) mass is 310 g/mol. The van der Waals surface area contributed by atoms with Crippen molar-refractivity contribution in [1.82, 2.24) is 10.3 Å². The molecule has 1 amide bonds. The first-order valence-electron chi connectivity index (χ1n) is 6.05. The van der Waals surface area contributed by atoms with Crippen molar-refractivity contribution in [1.29, 1.82) is 0 Å². The van der Waals surface area contributed by atoms with Crippen molar-refractivity contribution in [2.45, 2.75) is 32.4 Å². The number of pyridine rings is 1. The van der Waals surface area contributed by atoms with Crippen molar-refractivity contribution in [3.63, 3.8) is 0 Å². The quantitative estimate of drug-likeness (QED) is 0.821. The van der Waals surface area contributed by atoms with Crippen LogP contribution in [0.15, 0.2) is 10.9 Å². The second kappa shape index (κ2) is 6.78. The summed E-state index contributed by atoms with van der Waals surface area (Å²) in [5.74, 6) is -0.738. The molecule has 20 heavy (non-hydrogen) atoms. The normalized spacial score (nSPS) is 11.4. The number of halogens is 4. The van der Waals surface area contributed by atoms with E-state index in [1.165, 1.54) is 0 Å². The van der Waals surface area contributed by atoms with Crippen LogP contribution in [0.3, 0.4) is 0 Å². The Kier molecular flexibility index (Phi) is 5.62. The Balaban J connectivity index is 2.90. The predicted octanol–water partition coefficient (Wildman–Crippen LogP) is 2.97. The average Bonchev–Trinajstić information content (AvgIpc) is 2.35. The van der Waals surface area contributed by atoms with Crippen molar-refractivity contribution < 1.29 is 18.0 Å². The summed E-state index contributed by atoms with van der Waals surface area (Å²) in [5.41, 5.74) is -2.90. The van der Waals surface area contributed by atoms with Crippen molar-refractivity contribution in [2.24, 2.45) is 0 Å². The maximum atomic E-state index is 12.5. The van der Waals surface area contributed by atoms with E-state index in [1.807, 2.05) is 6.92 Å². The molecule has 0 aliphatic carbocycles. The molecule has 4 nitrogen and oxygen atoms in total. The number of carbonyl (C=O) groups excluding carboxylic acids is 1. The highest BCUT2D eigenvalue weighted by Gasteiger charge is 2.35. The van der Waals surface area contributed by atoms with Gasteiger partial charge in [0, 0.05) is 6.54 Å². The van der Waals surface area contributed by atoms with Crippen LogP contribution in [0.4, 0.5) is 13.2 Å². The molecule has 1 aromatic heterocycles. The van der Waals surface area contributed by atoms with Crippen molar-refractivity contribution in [2.75, 3.05) is 6.54 Å². The molecule has 1 rings (SSSR count). The fourth-order valence-corrected chi connectivity index (χ4v) is 1.82. The summed E-state index contributed by atoms with van der Waals surface area (Å²) in [6.07, 6.45) is -2.17. The molecule has 0 spiro atoms. The molecule has 112 valence electrons. The summed E-state index contributed by atoms with van der Waals surface area (Å²) in [4.78, 5) is 24.8. The molecule has 1 aromatic rings. The smallest absolute Gasteiger partial charge is 0.352 e. The molecule has 0 radical (unpaired) electrons. The van der Waals surface area contributed by atoms with Gasteiger partial charge in [0.1, 0.15) is 11.3 Å². The van der Waals surface area contributed by atoms with Gasteiger partial charge in [-0.05, 0) is 12.5 Å². The fraction of sp³-hybridized carbons (Fsp3) is 0.500. The highest BCUT2D eigenvalue weighted by atomic mass is 35.5. The number of rotatable bonds is 5. The van der Waals surface area contributed by atoms with Crippen molar-refractivity contribution >= 4 is 17.5 Å². The Hall–Kier alpha value is -1.50. The van der Waals surface area contributed by atoms with Crippen LogP contribution in [0.2, 0.25) is 5.02 Å². The standard InChI is InChI=1S/C12H14ClF3N2O2/c1-2-3-4-5-17-10(19)7-6-8(13)9(12(14,15)16)18-11(7)20/h6H,2-5H2,1H3,(H,17,19)(H,18,20). The summed E-state index contributed by atoms with van der Waals surface area (Å²) < 4.78 is 37.5. The molecule has 0 aliphatic rings. The topological polar surface area (TPSA) is 62.0 Å². The Bertz CT molecular complexity index is 540. The van der Waals surface area contributed by atoms with E-state index in [4.69, 9.17) is 11.6 Å². The van der Waals surface area contributed by atoms with Crippen molar-refractivity contribution in [3.8, 4) is 0 Å². The molecular formula is C12H14ClF3N2O2. The molecular weight excluding hydrogens is 297 g/mol. The number of alkyl halides is 3. The Labute approximate surface area is 118 Å². The molecule has 2 N–H and O–H groups in total. The van der Waals surface area contributed by atoms with Gasteiger partial charge in [-0.2, -0.15) is 13.2 Å². The molecule has 8 heteroatoms. The van der Waals surface area contributed by atoms with Gasteiger partial charge < -0.3 is 10.3 Å². The number of H-pyrrole nitrogens is 1. The molecule has 0 unspecified atom stereocenters. The molecule has 1 heterocycles. The Morgan fingerprint density at radius 1 is 1.40 bits per heavy atom. The zero-order valence-electron chi connectivity index (χ0n) is 10.7. The first-order valence-corrected chi connectivity index (χ1v) is 6.43. The van der Waals surface area contributed by atoms with Crippen molar-refractivity contribution in [3.05, 3.63) is 32.7 Å². The number of hydrogen-bond donors (Lipinski definition) is 2. The lowest BCUT2D eigenvalue weighted by atomic mass is 10.2. The number of aromatic amines is 1. The number of hydrogen-bond acceptors (Lipinski definition) is 2. The van der Waals surface area contributed by atoms with Crippen LogP contribution in [-0.4, -0.2) is 17.4 Å². The molecule has 0 atom stereocenters. The zero-order chi connectivity index (χ0) is 15.3. The highest BCUT2D eigenvalue weighted by molar-refractivity contribution is 6.31. The first-order chi connectivity index (χ1) is 9.27. The largest absolute Gasteiger partial charge is 0.432 e. The van der Waals surface area contributed by atoms with Gasteiger partial charge in [0.15, 0.2) is 0 Å². The van der Waals surface area contributed by atoms with Crippen LogP contribution in [0.5, 0.6) is 0 Å². The van der Waals surface area contributed by atoms with Gasteiger partial charge in [0.25, 0.3) is 11.5 Å². The van der Waals surface area contributed by atoms with E-state index < -0.39 is 33.9 Å². The number of unbranched alkanes of at least 4 members (excludes halogenated alkanes) is 2. The SMILES string of the molecule is CCCCCNC(=O)c1cc(Cl)c(C(F)(F)F)[nH]c1=O. The Morgan fingerprint density at radius 3 is 2.60 bits per heavy atom. The number of carbonyl (C=O) groups is 1. The van der Waals surface area contributed by atoms with Crippen LogP contribution in [0.1, 0.15) is 42.2 Å². The fourth-order valence-electron chi connectivity index (χ4n) is 1.55. The first kappa shape index (κ1) is 16.6. The van der Waals surface area contributed by atoms with Gasteiger partial charge in [-0.3, -0.25) is 9.59 Å². The van der Waals surface area contributed by atoms with Gasteiger partial charge in [-0.1, -0.05) is 31.4 Å².